The lowest BCUT2D eigenvalue weighted by Gasteiger charge is -2.10. The first-order chi connectivity index (χ1) is 12.2. The molecule has 1 fully saturated rings. The quantitative estimate of drug-likeness (QED) is 0.720. The molecule has 2 aromatic rings. The summed E-state index contributed by atoms with van der Waals surface area (Å²) in [6.07, 6.45) is 5.69. The van der Waals surface area contributed by atoms with Crippen LogP contribution in [-0.4, -0.2) is 24.0 Å². The van der Waals surface area contributed by atoms with Crippen LogP contribution in [0.25, 0.3) is 0 Å². The minimum atomic E-state index is -0.465. The summed E-state index contributed by atoms with van der Waals surface area (Å²) in [5.74, 6) is 0.739. The molecule has 1 aromatic heterocycles. The van der Waals surface area contributed by atoms with E-state index in [0.29, 0.717) is 30.2 Å². The van der Waals surface area contributed by atoms with Crippen LogP contribution in [0.1, 0.15) is 24.8 Å². The number of hydrogen-bond donors (Lipinski definition) is 2. The highest BCUT2D eigenvalue weighted by molar-refractivity contribution is 5.85. The first kappa shape index (κ1) is 23.1. The molecule has 27 heavy (non-hydrogen) atoms. The number of nitrogens with one attached hydrogen (secondary N) is 2. The molecule has 1 aromatic carbocycles. The fraction of sp³-hybridized carbons (Fsp3) is 0.368. The van der Waals surface area contributed by atoms with Gasteiger partial charge < -0.3 is 15.4 Å². The zero-order valence-electron chi connectivity index (χ0n) is 14.8. The van der Waals surface area contributed by atoms with Crippen molar-refractivity contribution < 1.29 is 13.9 Å². The summed E-state index contributed by atoms with van der Waals surface area (Å²) >= 11 is 0. The van der Waals surface area contributed by atoms with Gasteiger partial charge in [0, 0.05) is 19.2 Å². The van der Waals surface area contributed by atoms with E-state index in [-0.39, 0.29) is 36.5 Å². The summed E-state index contributed by atoms with van der Waals surface area (Å²) in [6.45, 7) is 2.35. The Bertz CT molecular complexity index is 713. The number of amides is 1. The Morgan fingerprint density at radius 3 is 2.85 bits per heavy atom. The van der Waals surface area contributed by atoms with Gasteiger partial charge in [-0.2, -0.15) is 0 Å². The van der Waals surface area contributed by atoms with E-state index in [1.807, 2.05) is 0 Å². The van der Waals surface area contributed by atoms with Crippen LogP contribution in [0.15, 0.2) is 42.7 Å². The zero-order valence-corrected chi connectivity index (χ0v) is 16.5. The Kier molecular flexibility index (Phi) is 10.1. The average Bonchev–Trinajstić information content (AvgIpc) is 3.15. The Hall–Kier alpha value is -1.89. The van der Waals surface area contributed by atoms with Gasteiger partial charge in [0.25, 0.3) is 0 Å². The predicted molar refractivity (Wildman–Crippen MR) is 107 cm³/mol. The molecule has 1 aliphatic rings. The highest BCUT2D eigenvalue weighted by Gasteiger charge is 2.15. The first-order valence-corrected chi connectivity index (χ1v) is 8.54. The SMILES string of the molecule is Cl.Cl.O=C(CCC1CCNC1)NCc1ccc(Oc2cccnc2)c(F)c1. The number of carbonyl (C=O) groups is 1. The monoisotopic (exact) mass is 415 g/mol. The maximum absolute atomic E-state index is 14.1. The fourth-order valence-corrected chi connectivity index (χ4v) is 2.86. The van der Waals surface area contributed by atoms with Gasteiger partial charge in [-0.25, -0.2) is 4.39 Å². The fourth-order valence-electron chi connectivity index (χ4n) is 2.86. The van der Waals surface area contributed by atoms with Gasteiger partial charge in [-0.15, -0.1) is 24.8 Å². The molecular weight excluding hydrogens is 392 g/mol. The van der Waals surface area contributed by atoms with Crippen molar-refractivity contribution in [3.8, 4) is 11.5 Å². The van der Waals surface area contributed by atoms with Gasteiger partial charge >= 0.3 is 0 Å². The summed E-state index contributed by atoms with van der Waals surface area (Å²) < 4.78 is 19.6. The van der Waals surface area contributed by atoms with Crippen molar-refractivity contribution in [1.29, 1.82) is 0 Å². The molecule has 1 saturated heterocycles. The molecule has 2 N–H and O–H groups in total. The number of carbonyl (C=O) groups excluding carboxylic acids is 1. The molecule has 1 aliphatic heterocycles. The average molecular weight is 416 g/mol. The van der Waals surface area contributed by atoms with Gasteiger partial charge in [0.2, 0.25) is 5.91 Å². The van der Waals surface area contributed by atoms with Crippen LogP contribution in [0.2, 0.25) is 0 Å². The predicted octanol–water partition coefficient (Wildman–Crippen LogP) is 3.86. The lowest BCUT2D eigenvalue weighted by Crippen LogP contribution is -2.23. The molecule has 5 nitrogen and oxygen atoms in total. The number of rotatable bonds is 7. The molecule has 0 bridgehead atoms. The zero-order chi connectivity index (χ0) is 17.5. The van der Waals surface area contributed by atoms with E-state index in [0.717, 1.165) is 25.9 Å². The molecule has 1 amide bonds. The van der Waals surface area contributed by atoms with Gasteiger partial charge in [0.15, 0.2) is 11.6 Å². The summed E-state index contributed by atoms with van der Waals surface area (Å²) in [5.41, 5.74) is 0.701. The second kappa shape index (κ2) is 11.7. The van der Waals surface area contributed by atoms with Crippen molar-refractivity contribution in [3.05, 3.63) is 54.1 Å². The lowest BCUT2D eigenvalue weighted by molar-refractivity contribution is -0.121. The molecule has 0 radical (unpaired) electrons. The van der Waals surface area contributed by atoms with Crippen molar-refractivity contribution in [2.75, 3.05) is 13.1 Å². The van der Waals surface area contributed by atoms with Gasteiger partial charge in [0.1, 0.15) is 5.75 Å². The van der Waals surface area contributed by atoms with Crippen molar-refractivity contribution in [2.45, 2.75) is 25.8 Å². The maximum Gasteiger partial charge on any atom is 0.220 e. The Morgan fingerprint density at radius 1 is 1.33 bits per heavy atom. The van der Waals surface area contributed by atoms with Crippen molar-refractivity contribution in [2.24, 2.45) is 5.92 Å². The van der Waals surface area contributed by atoms with Crippen LogP contribution >= 0.6 is 24.8 Å². The summed E-state index contributed by atoms with van der Waals surface area (Å²) in [6, 6.07) is 8.12. The third-order valence-electron chi connectivity index (χ3n) is 4.29. The number of aromatic nitrogens is 1. The van der Waals surface area contributed by atoms with Crippen molar-refractivity contribution in [1.82, 2.24) is 15.6 Å². The number of ether oxygens (including phenoxy) is 1. The van der Waals surface area contributed by atoms with Crippen LogP contribution in [0.4, 0.5) is 4.39 Å². The maximum atomic E-state index is 14.1. The number of benzene rings is 1. The van der Waals surface area contributed by atoms with Gasteiger partial charge in [-0.3, -0.25) is 9.78 Å². The van der Waals surface area contributed by atoms with E-state index in [1.165, 1.54) is 12.3 Å². The Balaban J connectivity index is 0.00000182. The Morgan fingerprint density at radius 2 is 2.19 bits per heavy atom. The number of hydrogen-bond acceptors (Lipinski definition) is 4. The van der Waals surface area contributed by atoms with Crippen LogP contribution in [0.3, 0.4) is 0 Å². The molecule has 2 heterocycles. The largest absolute Gasteiger partial charge is 0.453 e. The molecule has 0 saturated carbocycles. The van der Waals surface area contributed by atoms with Crippen LogP contribution < -0.4 is 15.4 Å². The summed E-state index contributed by atoms with van der Waals surface area (Å²) in [7, 11) is 0. The van der Waals surface area contributed by atoms with E-state index in [1.54, 1.807) is 30.5 Å². The minimum Gasteiger partial charge on any atom is -0.453 e. The summed E-state index contributed by atoms with van der Waals surface area (Å²) in [4.78, 5) is 15.8. The molecular formula is C19H24Cl2FN3O2. The first-order valence-electron chi connectivity index (χ1n) is 8.54. The van der Waals surface area contributed by atoms with Crippen molar-refractivity contribution in [3.63, 3.8) is 0 Å². The normalized spacial score (nSPS) is 15.4. The summed E-state index contributed by atoms with van der Waals surface area (Å²) in [5, 5.41) is 6.14. The molecule has 0 spiro atoms. The van der Waals surface area contributed by atoms with Gasteiger partial charge in [-0.1, -0.05) is 6.07 Å². The molecule has 8 heteroatoms. The van der Waals surface area contributed by atoms with E-state index in [2.05, 4.69) is 15.6 Å². The van der Waals surface area contributed by atoms with Crippen LogP contribution in [-0.2, 0) is 11.3 Å². The van der Waals surface area contributed by atoms with Crippen molar-refractivity contribution >= 4 is 30.7 Å². The lowest BCUT2D eigenvalue weighted by atomic mass is 10.0. The molecule has 1 unspecified atom stereocenters. The number of nitrogens with zero attached hydrogens (tertiary/aromatic N) is 1. The smallest absolute Gasteiger partial charge is 0.220 e. The second-order valence-corrected chi connectivity index (χ2v) is 6.23. The van der Waals surface area contributed by atoms with Crippen LogP contribution in [0.5, 0.6) is 11.5 Å². The van der Waals surface area contributed by atoms with Gasteiger partial charge in [0.05, 0.1) is 6.20 Å². The third kappa shape index (κ3) is 7.33. The standard InChI is InChI=1S/C19H22FN3O2.2ClH/c20-17-10-15(3-5-18(17)25-16-2-1-8-21-13-16)12-23-19(24)6-4-14-7-9-22-11-14;;/h1-3,5,8,10,13-14,22H,4,6-7,9,11-12H2,(H,23,24);2*1H. The van der Waals surface area contributed by atoms with Crippen LogP contribution in [0, 0.1) is 11.7 Å². The van der Waals surface area contributed by atoms with E-state index in [9.17, 15) is 9.18 Å². The van der Waals surface area contributed by atoms with E-state index in [4.69, 9.17) is 4.74 Å². The van der Waals surface area contributed by atoms with E-state index < -0.39 is 5.82 Å². The second-order valence-electron chi connectivity index (χ2n) is 6.23. The molecule has 3 rings (SSSR count). The van der Waals surface area contributed by atoms with Gasteiger partial charge in [-0.05, 0) is 61.7 Å². The Labute approximate surface area is 170 Å². The molecule has 0 aliphatic carbocycles. The highest BCUT2D eigenvalue weighted by atomic mass is 35.5. The topological polar surface area (TPSA) is 63.2 Å². The number of halogens is 3. The molecule has 148 valence electrons. The van der Waals surface area contributed by atoms with E-state index >= 15 is 0 Å². The minimum absolute atomic E-state index is 0. The third-order valence-corrected chi connectivity index (χ3v) is 4.29. The highest BCUT2D eigenvalue weighted by Crippen LogP contribution is 2.24. The molecule has 1 atom stereocenters. The number of pyridine rings is 1.